The van der Waals surface area contributed by atoms with E-state index in [0.717, 1.165) is 11.3 Å². The van der Waals surface area contributed by atoms with Gasteiger partial charge in [-0.25, -0.2) is 0 Å². The molecule has 0 aliphatic rings. The van der Waals surface area contributed by atoms with Gasteiger partial charge in [0.15, 0.2) is 11.5 Å². The van der Waals surface area contributed by atoms with E-state index in [1.807, 2.05) is 18.2 Å². The van der Waals surface area contributed by atoms with Gasteiger partial charge in [0.2, 0.25) is 0 Å². The maximum Gasteiger partial charge on any atom is 0.163 e. The van der Waals surface area contributed by atoms with E-state index in [-0.39, 0.29) is 11.7 Å². The summed E-state index contributed by atoms with van der Waals surface area (Å²) in [5, 5.41) is 0. The predicted molar refractivity (Wildman–Crippen MR) is 103 cm³/mol. The number of Topliss-reactive ketones (excluding diaryl/α,β-unsaturated/α-hetero) is 1. The maximum atomic E-state index is 11.8. The van der Waals surface area contributed by atoms with E-state index < -0.39 is 0 Å². The molecule has 0 fully saturated rings. The van der Waals surface area contributed by atoms with Gasteiger partial charge in [0.05, 0.1) is 21.6 Å². The second-order valence-corrected chi connectivity index (χ2v) is 7.33. The van der Waals surface area contributed by atoms with Gasteiger partial charge >= 0.3 is 0 Å². The zero-order chi connectivity index (χ0) is 18.0. The van der Waals surface area contributed by atoms with Crippen LogP contribution in [-0.4, -0.2) is 12.9 Å². The van der Waals surface area contributed by atoms with Gasteiger partial charge in [-0.2, -0.15) is 0 Å². The van der Waals surface area contributed by atoms with Gasteiger partial charge in [-0.15, -0.1) is 0 Å². The number of ether oxygens (including phenoxy) is 2. The van der Waals surface area contributed by atoms with Crippen LogP contribution >= 0.6 is 31.9 Å². The third-order valence-corrected chi connectivity index (χ3v) is 4.95. The molecule has 0 radical (unpaired) electrons. The Hall–Kier alpha value is -1.53. The number of hydrogen-bond donors (Lipinski definition) is 1. The summed E-state index contributed by atoms with van der Waals surface area (Å²) in [5.74, 6) is 2.13. The van der Waals surface area contributed by atoms with Gasteiger partial charge in [-0.1, -0.05) is 13.8 Å². The van der Waals surface area contributed by atoms with E-state index in [0.29, 0.717) is 31.7 Å². The number of rotatable bonds is 5. The fraction of sp³-hybridized carbons (Fsp3) is 0.278. The van der Waals surface area contributed by atoms with Crippen LogP contribution in [0.1, 0.15) is 42.6 Å². The number of ketones is 1. The lowest BCUT2D eigenvalue weighted by molar-refractivity contribution is 0.101. The molecule has 24 heavy (non-hydrogen) atoms. The molecule has 0 saturated carbocycles. The molecule has 0 bridgehead atoms. The van der Waals surface area contributed by atoms with E-state index in [2.05, 4.69) is 45.7 Å². The monoisotopic (exact) mass is 455 g/mol. The van der Waals surface area contributed by atoms with Gasteiger partial charge < -0.3 is 15.2 Å². The number of carbonyl (C=O) groups is 1. The average Bonchev–Trinajstić information content (AvgIpc) is 2.50. The van der Waals surface area contributed by atoms with Crippen molar-refractivity contribution in [3.05, 3.63) is 44.3 Å². The minimum Gasteiger partial charge on any atom is -0.496 e. The Kier molecular flexibility index (Phi) is 5.93. The lowest BCUT2D eigenvalue weighted by Gasteiger charge is -2.17. The SMILES string of the molecule is COc1ccc(Oc2c(Br)cc(N)c(C(C)=O)c2Br)cc1C(C)C. The highest BCUT2D eigenvalue weighted by molar-refractivity contribution is 9.11. The fourth-order valence-electron chi connectivity index (χ4n) is 2.42. The van der Waals surface area contributed by atoms with Gasteiger partial charge in [0, 0.05) is 11.3 Å². The highest BCUT2D eigenvalue weighted by Gasteiger charge is 2.19. The summed E-state index contributed by atoms with van der Waals surface area (Å²) < 4.78 is 12.6. The Balaban J connectivity index is 2.51. The number of benzene rings is 2. The number of halogens is 2. The molecule has 0 saturated heterocycles. The molecule has 2 N–H and O–H groups in total. The summed E-state index contributed by atoms with van der Waals surface area (Å²) in [7, 11) is 1.65. The molecular weight excluding hydrogens is 438 g/mol. The molecule has 0 unspecified atom stereocenters. The van der Waals surface area contributed by atoms with Crippen molar-refractivity contribution in [2.24, 2.45) is 0 Å². The van der Waals surface area contributed by atoms with Gasteiger partial charge in [-0.3, -0.25) is 4.79 Å². The Bertz CT molecular complexity index is 788. The predicted octanol–water partition coefficient (Wildman–Crippen LogP) is 5.92. The van der Waals surface area contributed by atoms with Crippen LogP contribution in [0.4, 0.5) is 5.69 Å². The van der Waals surface area contributed by atoms with E-state index in [4.69, 9.17) is 15.2 Å². The molecule has 0 aromatic heterocycles. The largest absolute Gasteiger partial charge is 0.496 e. The molecule has 4 nitrogen and oxygen atoms in total. The quantitative estimate of drug-likeness (QED) is 0.448. The number of anilines is 1. The van der Waals surface area contributed by atoms with Gasteiger partial charge in [0.25, 0.3) is 0 Å². The molecule has 2 aromatic carbocycles. The molecule has 0 heterocycles. The highest BCUT2D eigenvalue weighted by Crippen LogP contribution is 2.42. The minimum atomic E-state index is -0.130. The van der Waals surface area contributed by atoms with E-state index in [1.54, 1.807) is 13.2 Å². The van der Waals surface area contributed by atoms with E-state index in [9.17, 15) is 4.79 Å². The summed E-state index contributed by atoms with van der Waals surface area (Å²) in [5.41, 5.74) is 7.78. The Morgan fingerprint density at radius 1 is 1.21 bits per heavy atom. The molecule has 0 amide bonds. The lowest BCUT2D eigenvalue weighted by atomic mass is 10.0. The molecular formula is C18H19Br2NO3. The minimum absolute atomic E-state index is 0.130. The standard InChI is InChI=1S/C18H19Br2NO3/c1-9(2)12-7-11(5-6-15(12)23-4)24-18-13(19)8-14(21)16(10(3)22)17(18)20/h5-9H,21H2,1-4H3. The van der Waals surface area contributed by atoms with Crippen LogP contribution in [0, 0.1) is 0 Å². The van der Waals surface area contributed by atoms with E-state index >= 15 is 0 Å². The Morgan fingerprint density at radius 3 is 2.42 bits per heavy atom. The number of hydrogen-bond acceptors (Lipinski definition) is 4. The van der Waals surface area contributed by atoms with Crippen LogP contribution in [0.25, 0.3) is 0 Å². The molecule has 2 rings (SSSR count). The highest BCUT2D eigenvalue weighted by atomic mass is 79.9. The zero-order valence-corrected chi connectivity index (χ0v) is 17.1. The van der Waals surface area contributed by atoms with Crippen molar-refractivity contribution in [3.63, 3.8) is 0 Å². The Morgan fingerprint density at radius 2 is 1.88 bits per heavy atom. The van der Waals surface area contributed by atoms with Gasteiger partial charge in [-0.05, 0) is 69.0 Å². The molecule has 2 aromatic rings. The summed E-state index contributed by atoms with van der Waals surface area (Å²) in [4.78, 5) is 11.8. The third-order valence-electron chi connectivity index (χ3n) is 3.60. The van der Waals surface area contributed by atoms with Crippen molar-refractivity contribution in [1.82, 2.24) is 0 Å². The average molecular weight is 457 g/mol. The first-order valence-corrected chi connectivity index (χ1v) is 8.99. The van der Waals surface area contributed by atoms with Gasteiger partial charge in [0.1, 0.15) is 11.5 Å². The van der Waals surface area contributed by atoms with Crippen molar-refractivity contribution in [2.75, 3.05) is 12.8 Å². The lowest BCUT2D eigenvalue weighted by Crippen LogP contribution is -2.03. The van der Waals surface area contributed by atoms with Crippen molar-refractivity contribution >= 4 is 43.3 Å². The molecule has 128 valence electrons. The second kappa shape index (κ2) is 7.57. The topological polar surface area (TPSA) is 61.6 Å². The summed E-state index contributed by atoms with van der Waals surface area (Å²) >= 11 is 6.88. The smallest absolute Gasteiger partial charge is 0.163 e. The first-order chi connectivity index (χ1) is 11.3. The van der Waals surface area contributed by atoms with Crippen molar-refractivity contribution < 1.29 is 14.3 Å². The van der Waals surface area contributed by atoms with Crippen LogP contribution in [-0.2, 0) is 0 Å². The fourth-order valence-corrected chi connectivity index (χ4v) is 4.01. The van der Waals surface area contributed by atoms with E-state index in [1.165, 1.54) is 6.92 Å². The summed E-state index contributed by atoms with van der Waals surface area (Å²) in [6.45, 7) is 5.65. The van der Waals surface area contributed by atoms with Crippen molar-refractivity contribution in [3.8, 4) is 17.2 Å². The van der Waals surface area contributed by atoms with Crippen LogP contribution in [0.15, 0.2) is 33.2 Å². The number of nitrogen functional groups attached to an aromatic ring is 1. The third kappa shape index (κ3) is 3.75. The summed E-state index contributed by atoms with van der Waals surface area (Å²) in [6.07, 6.45) is 0. The normalized spacial score (nSPS) is 10.8. The first-order valence-electron chi connectivity index (χ1n) is 7.40. The second-order valence-electron chi connectivity index (χ2n) is 5.68. The first kappa shape index (κ1) is 18.8. The number of nitrogens with two attached hydrogens (primary N) is 1. The molecule has 0 atom stereocenters. The molecule has 0 aliphatic carbocycles. The van der Waals surface area contributed by atoms with Crippen LogP contribution in [0.5, 0.6) is 17.2 Å². The summed E-state index contributed by atoms with van der Waals surface area (Å²) in [6, 6.07) is 7.30. The molecule has 6 heteroatoms. The van der Waals surface area contributed by atoms with Crippen LogP contribution in [0.3, 0.4) is 0 Å². The number of methoxy groups -OCH3 is 1. The van der Waals surface area contributed by atoms with Crippen LogP contribution < -0.4 is 15.2 Å². The van der Waals surface area contributed by atoms with Crippen LogP contribution in [0.2, 0.25) is 0 Å². The zero-order valence-electron chi connectivity index (χ0n) is 13.9. The number of carbonyl (C=O) groups excluding carboxylic acids is 1. The Labute approximate surface area is 158 Å². The van der Waals surface area contributed by atoms with Crippen molar-refractivity contribution in [2.45, 2.75) is 26.7 Å². The maximum absolute atomic E-state index is 11.8. The molecule has 0 aliphatic heterocycles. The van der Waals surface area contributed by atoms with Crippen molar-refractivity contribution in [1.29, 1.82) is 0 Å². The molecule has 0 spiro atoms.